The summed E-state index contributed by atoms with van der Waals surface area (Å²) in [5.41, 5.74) is 8.78. The first-order valence-corrected chi connectivity index (χ1v) is 10.3. The van der Waals surface area contributed by atoms with E-state index in [1.165, 1.54) is 28.0 Å². The van der Waals surface area contributed by atoms with E-state index >= 15 is 0 Å². The summed E-state index contributed by atoms with van der Waals surface area (Å²) < 4.78 is 0. The van der Waals surface area contributed by atoms with Gasteiger partial charge in [0.1, 0.15) is 11.2 Å². The molecular weight excluding hydrogens is 368 g/mol. The fourth-order valence-electron chi connectivity index (χ4n) is 3.87. The molecule has 0 saturated heterocycles. The molecule has 0 saturated carbocycles. The summed E-state index contributed by atoms with van der Waals surface area (Å²) >= 11 is 1.32. The molecule has 0 radical (unpaired) electrons. The van der Waals surface area contributed by atoms with Gasteiger partial charge in [-0.1, -0.05) is 26.0 Å². The molecule has 0 aliphatic rings. The number of carbonyl (C=O) groups excluding carboxylic acids is 1. The van der Waals surface area contributed by atoms with Crippen molar-refractivity contribution in [2.45, 2.75) is 40.5 Å². The molecule has 0 amide bonds. The van der Waals surface area contributed by atoms with Crippen molar-refractivity contribution in [3.8, 4) is 21.6 Å². The molecule has 4 heteroatoms. The molecule has 1 heterocycles. The predicted molar refractivity (Wildman–Crippen MR) is 116 cm³/mol. The van der Waals surface area contributed by atoms with E-state index in [0.29, 0.717) is 10.4 Å². The lowest BCUT2D eigenvalue weighted by Gasteiger charge is -2.18. The van der Waals surface area contributed by atoms with Crippen molar-refractivity contribution in [1.82, 2.24) is 0 Å². The van der Waals surface area contributed by atoms with E-state index in [1.54, 1.807) is 6.07 Å². The Hall–Kier alpha value is -2.72. The van der Waals surface area contributed by atoms with Crippen LogP contribution in [0.25, 0.3) is 21.6 Å². The van der Waals surface area contributed by atoms with Crippen LogP contribution in [0.1, 0.15) is 56.1 Å². The number of carbonyl (C=O) groups is 2. The molecule has 0 unspecified atom stereocenters. The van der Waals surface area contributed by atoms with Gasteiger partial charge in [0.25, 0.3) is 0 Å². The number of aryl methyl sites for hydroxylation is 4. The SMILES string of the molecule is CCc1cc(C=O)cc(C)c1-c1cc(C)c(-c2ccc(C(=O)O)s2)c(CC)c1. The van der Waals surface area contributed by atoms with E-state index in [2.05, 4.69) is 39.8 Å². The lowest BCUT2D eigenvalue weighted by atomic mass is 9.87. The minimum absolute atomic E-state index is 0.356. The van der Waals surface area contributed by atoms with Crippen molar-refractivity contribution < 1.29 is 14.7 Å². The first kappa shape index (κ1) is 20.0. The van der Waals surface area contributed by atoms with Crippen LogP contribution >= 0.6 is 11.3 Å². The molecule has 28 heavy (non-hydrogen) atoms. The molecule has 0 aliphatic carbocycles. The highest BCUT2D eigenvalue weighted by molar-refractivity contribution is 7.17. The summed E-state index contributed by atoms with van der Waals surface area (Å²) in [4.78, 5) is 23.9. The van der Waals surface area contributed by atoms with Gasteiger partial charge in [-0.05, 0) is 89.9 Å². The topological polar surface area (TPSA) is 54.4 Å². The van der Waals surface area contributed by atoms with Crippen LogP contribution in [0, 0.1) is 13.8 Å². The minimum Gasteiger partial charge on any atom is -0.477 e. The number of thiophene rings is 1. The lowest BCUT2D eigenvalue weighted by molar-refractivity contribution is 0.0702. The standard InChI is InChI=1S/C24H24O3S/c1-5-17-11-16(13-25)9-14(3)22(17)19-10-15(4)23(18(6-2)12-19)20-7-8-21(28-20)24(26)27/h7-13H,5-6H2,1-4H3,(H,26,27). The Bertz CT molecular complexity index is 1060. The molecule has 0 fully saturated rings. The van der Waals surface area contributed by atoms with Crippen molar-refractivity contribution in [3.63, 3.8) is 0 Å². The number of aromatic carboxylic acids is 1. The Kier molecular flexibility index (Phi) is 5.80. The number of aldehydes is 1. The third-order valence-corrected chi connectivity index (χ3v) is 6.20. The zero-order valence-corrected chi connectivity index (χ0v) is 17.4. The van der Waals surface area contributed by atoms with Crippen LogP contribution in [0.15, 0.2) is 36.4 Å². The molecule has 0 bridgehead atoms. The average molecular weight is 393 g/mol. The normalized spacial score (nSPS) is 10.9. The second kappa shape index (κ2) is 8.11. The molecule has 3 rings (SSSR count). The average Bonchev–Trinajstić information content (AvgIpc) is 3.16. The lowest BCUT2D eigenvalue weighted by Crippen LogP contribution is -1.98. The van der Waals surface area contributed by atoms with E-state index in [-0.39, 0.29) is 0 Å². The van der Waals surface area contributed by atoms with Gasteiger partial charge in [0.2, 0.25) is 0 Å². The fourth-order valence-corrected chi connectivity index (χ4v) is 4.86. The van der Waals surface area contributed by atoms with E-state index < -0.39 is 5.97 Å². The quantitative estimate of drug-likeness (QED) is 0.498. The molecule has 2 aromatic carbocycles. The molecule has 0 atom stereocenters. The number of hydrogen-bond acceptors (Lipinski definition) is 3. The molecule has 3 nitrogen and oxygen atoms in total. The fraction of sp³-hybridized carbons (Fsp3) is 0.250. The number of carboxylic acids is 1. The molecule has 0 aliphatic heterocycles. The highest BCUT2D eigenvalue weighted by Gasteiger charge is 2.17. The summed E-state index contributed by atoms with van der Waals surface area (Å²) in [6.07, 6.45) is 2.61. The van der Waals surface area contributed by atoms with Gasteiger partial charge in [0, 0.05) is 10.4 Å². The Morgan fingerprint density at radius 3 is 2.18 bits per heavy atom. The molecule has 1 aromatic heterocycles. The third-order valence-electron chi connectivity index (χ3n) is 5.11. The van der Waals surface area contributed by atoms with Crippen LogP contribution < -0.4 is 0 Å². The van der Waals surface area contributed by atoms with Gasteiger partial charge in [0.15, 0.2) is 0 Å². The van der Waals surface area contributed by atoms with Crippen molar-refractivity contribution in [1.29, 1.82) is 0 Å². The van der Waals surface area contributed by atoms with Crippen LogP contribution in [0.2, 0.25) is 0 Å². The second-order valence-electron chi connectivity index (χ2n) is 6.99. The zero-order chi connectivity index (χ0) is 20.4. The number of rotatable bonds is 6. The molecule has 3 aromatic rings. The molecular formula is C24H24O3S. The summed E-state index contributed by atoms with van der Waals surface area (Å²) in [7, 11) is 0. The molecule has 1 N–H and O–H groups in total. The van der Waals surface area contributed by atoms with E-state index in [4.69, 9.17) is 0 Å². The summed E-state index contributed by atoms with van der Waals surface area (Å²) in [5.74, 6) is -0.887. The number of benzene rings is 2. The van der Waals surface area contributed by atoms with Gasteiger partial charge in [-0.3, -0.25) is 4.79 Å². The van der Waals surface area contributed by atoms with Crippen molar-refractivity contribution >= 4 is 23.6 Å². The van der Waals surface area contributed by atoms with Gasteiger partial charge < -0.3 is 5.11 Å². The van der Waals surface area contributed by atoms with Crippen molar-refractivity contribution in [2.24, 2.45) is 0 Å². The summed E-state index contributed by atoms with van der Waals surface area (Å²) in [6, 6.07) is 11.9. The van der Waals surface area contributed by atoms with Crippen LogP contribution in [-0.4, -0.2) is 17.4 Å². The predicted octanol–water partition coefficient (Wildman–Crippen LogP) is 6.33. The molecule has 0 spiro atoms. The maximum Gasteiger partial charge on any atom is 0.345 e. The van der Waals surface area contributed by atoms with Gasteiger partial charge in [-0.15, -0.1) is 11.3 Å². The van der Waals surface area contributed by atoms with Crippen molar-refractivity contribution in [2.75, 3.05) is 0 Å². The van der Waals surface area contributed by atoms with Crippen LogP contribution in [-0.2, 0) is 12.8 Å². The Morgan fingerprint density at radius 1 is 0.964 bits per heavy atom. The highest BCUT2D eigenvalue weighted by Crippen LogP contribution is 2.38. The zero-order valence-electron chi connectivity index (χ0n) is 16.6. The van der Waals surface area contributed by atoms with Crippen LogP contribution in [0.4, 0.5) is 0 Å². The first-order chi connectivity index (χ1) is 13.4. The first-order valence-electron chi connectivity index (χ1n) is 9.45. The van der Waals surface area contributed by atoms with Crippen LogP contribution in [0.3, 0.4) is 0 Å². The number of hydrogen-bond donors (Lipinski definition) is 1. The maximum atomic E-state index is 11.3. The van der Waals surface area contributed by atoms with Crippen LogP contribution in [0.5, 0.6) is 0 Å². The Labute approximate surface area is 169 Å². The van der Waals surface area contributed by atoms with E-state index in [9.17, 15) is 14.7 Å². The summed E-state index contributed by atoms with van der Waals surface area (Å²) in [5, 5.41) is 9.25. The summed E-state index contributed by atoms with van der Waals surface area (Å²) in [6.45, 7) is 8.36. The van der Waals surface area contributed by atoms with Gasteiger partial charge in [0.05, 0.1) is 0 Å². The highest BCUT2D eigenvalue weighted by atomic mass is 32.1. The van der Waals surface area contributed by atoms with Crippen molar-refractivity contribution in [3.05, 3.63) is 69.1 Å². The van der Waals surface area contributed by atoms with E-state index in [1.807, 2.05) is 18.2 Å². The Balaban J connectivity index is 2.20. The van der Waals surface area contributed by atoms with Gasteiger partial charge >= 0.3 is 5.97 Å². The second-order valence-corrected chi connectivity index (χ2v) is 8.08. The number of carboxylic acid groups (broad SMARTS) is 1. The van der Waals surface area contributed by atoms with E-state index in [0.717, 1.165) is 46.3 Å². The van der Waals surface area contributed by atoms with Gasteiger partial charge in [-0.2, -0.15) is 0 Å². The van der Waals surface area contributed by atoms with Gasteiger partial charge in [-0.25, -0.2) is 4.79 Å². The molecule has 144 valence electrons. The monoisotopic (exact) mass is 392 g/mol. The largest absolute Gasteiger partial charge is 0.477 e. The minimum atomic E-state index is -0.887. The Morgan fingerprint density at radius 2 is 1.61 bits per heavy atom. The maximum absolute atomic E-state index is 11.3. The third kappa shape index (κ3) is 3.65. The smallest absolute Gasteiger partial charge is 0.345 e.